The van der Waals surface area contributed by atoms with Gasteiger partial charge in [-0.1, -0.05) is 12.1 Å². The van der Waals surface area contributed by atoms with Crippen LogP contribution >= 0.6 is 0 Å². The summed E-state index contributed by atoms with van der Waals surface area (Å²) in [6.45, 7) is -0.0573. The Morgan fingerprint density at radius 3 is 2.38 bits per heavy atom. The fourth-order valence-electron chi connectivity index (χ4n) is 4.85. The van der Waals surface area contributed by atoms with Crippen LogP contribution < -0.4 is 5.32 Å². The fraction of sp³-hybridized carbons (Fsp3) is 0.609. The summed E-state index contributed by atoms with van der Waals surface area (Å²) in [5.41, 5.74) is -0.412. The highest BCUT2D eigenvalue weighted by atomic mass is 32.2. The van der Waals surface area contributed by atoms with E-state index in [9.17, 15) is 35.6 Å². The third-order valence-electron chi connectivity index (χ3n) is 7.00. The second kappa shape index (κ2) is 10.5. The third kappa shape index (κ3) is 5.89. The molecule has 3 fully saturated rings. The molecule has 1 N–H and O–H groups in total. The molecule has 1 aromatic carbocycles. The Kier molecular flexibility index (Phi) is 7.77. The summed E-state index contributed by atoms with van der Waals surface area (Å²) in [6, 6.07) is 5.17. The Balaban J connectivity index is 1.37. The van der Waals surface area contributed by atoms with Crippen molar-refractivity contribution in [1.82, 2.24) is 18.8 Å². The Morgan fingerprint density at radius 2 is 1.76 bits per heavy atom. The molecule has 0 aliphatic carbocycles. The molecule has 1 aromatic rings. The van der Waals surface area contributed by atoms with Gasteiger partial charge in [0.15, 0.2) is 0 Å². The van der Waals surface area contributed by atoms with Gasteiger partial charge in [-0.2, -0.15) is 35.5 Å². The normalized spacial score (nSPS) is 25.9. The van der Waals surface area contributed by atoms with Crippen LogP contribution in [0.3, 0.4) is 0 Å². The van der Waals surface area contributed by atoms with E-state index >= 15 is 0 Å². The van der Waals surface area contributed by atoms with E-state index < -0.39 is 51.9 Å². The predicted molar refractivity (Wildman–Crippen MR) is 122 cm³/mol. The van der Waals surface area contributed by atoms with Crippen LogP contribution in [0.5, 0.6) is 0 Å². The average Bonchev–Trinajstić information content (AvgIpc) is 3.22. The highest BCUT2D eigenvalue weighted by Crippen LogP contribution is 2.31. The van der Waals surface area contributed by atoms with E-state index in [-0.39, 0.29) is 51.6 Å². The number of nitrogens with one attached hydrogen (secondary N) is 1. The fourth-order valence-corrected chi connectivity index (χ4v) is 6.65. The number of likely N-dealkylation sites (tertiary alicyclic amines) is 1. The minimum Gasteiger partial charge on any atom is -0.350 e. The van der Waals surface area contributed by atoms with Crippen LogP contribution in [0, 0.1) is 23.2 Å². The average molecular weight is 546 g/mol. The van der Waals surface area contributed by atoms with Gasteiger partial charge in [0.2, 0.25) is 11.8 Å². The van der Waals surface area contributed by atoms with Crippen molar-refractivity contribution in [3.05, 3.63) is 35.4 Å². The van der Waals surface area contributed by atoms with Gasteiger partial charge in [0.05, 0.1) is 30.0 Å². The molecule has 0 radical (unpaired) electrons. The van der Waals surface area contributed by atoms with Crippen molar-refractivity contribution >= 4 is 22.0 Å². The van der Waals surface area contributed by atoms with Crippen LogP contribution in [0.4, 0.5) is 17.6 Å². The molecule has 3 aliphatic rings. The van der Waals surface area contributed by atoms with Gasteiger partial charge in [0.1, 0.15) is 12.2 Å². The lowest BCUT2D eigenvalue weighted by Gasteiger charge is -2.41. The number of benzene rings is 1. The van der Waals surface area contributed by atoms with E-state index in [2.05, 4.69) is 5.32 Å². The van der Waals surface area contributed by atoms with Crippen LogP contribution in [0.15, 0.2) is 24.3 Å². The van der Waals surface area contributed by atoms with Crippen molar-refractivity contribution in [1.29, 1.82) is 5.26 Å². The van der Waals surface area contributed by atoms with Crippen molar-refractivity contribution in [3.8, 4) is 6.07 Å². The number of rotatable bonds is 6. The second-order valence-corrected chi connectivity index (χ2v) is 11.5. The molecule has 9 nitrogen and oxygen atoms in total. The van der Waals surface area contributed by atoms with Crippen LogP contribution in [0.1, 0.15) is 30.4 Å². The number of halogens is 4. The topological polar surface area (TPSA) is 114 Å². The molecule has 3 atom stereocenters. The second-order valence-electron chi connectivity index (χ2n) is 9.60. The molecule has 3 aliphatic heterocycles. The lowest BCUT2D eigenvalue weighted by atomic mass is 9.97. The third-order valence-corrected chi connectivity index (χ3v) is 8.94. The Morgan fingerprint density at radius 1 is 1.08 bits per heavy atom. The van der Waals surface area contributed by atoms with E-state index in [1.165, 1.54) is 20.7 Å². The molecule has 14 heteroatoms. The van der Waals surface area contributed by atoms with E-state index in [1.807, 2.05) is 6.07 Å². The molecule has 0 spiro atoms. The predicted octanol–water partition coefficient (Wildman–Crippen LogP) is 1.67. The Hall–Kier alpha value is -2.76. The van der Waals surface area contributed by atoms with Gasteiger partial charge in [0, 0.05) is 39.1 Å². The summed E-state index contributed by atoms with van der Waals surface area (Å²) in [6.07, 6.45) is -5.33. The molecule has 0 saturated carbocycles. The van der Waals surface area contributed by atoms with Crippen molar-refractivity contribution < 1.29 is 35.6 Å². The minimum atomic E-state index is -4.48. The maximum atomic E-state index is 14.3. The number of nitriles is 1. The van der Waals surface area contributed by atoms with Crippen LogP contribution in [0.2, 0.25) is 0 Å². The maximum absolute atomic E-state index is 14.3. The van der Waals surface area contributed by atoms with E-state index in [0.29, 0.717) is 18.4 Å². The van der Waals surface area contributed by atoms with Crippen LogP contribution in [-0.2, 0) is 32.5 Å². The zero-order valence-electron chi connectivity index (χ0n) is 19.8. The first kappa shape index (κ1) is 27.3. The maximum Gasteiger partial charge on any atom is 0.416 e. The molecule has 202 valence electrons. The minimum absolute atomic E-state index is 0.0950. The number of alkyl halides is 4. The first-order chi connectivity index (χ1) is 17.4. The molecular weight excluding hydrogens is 518 g/mol. The van der Waals surface area contributed by atoms with Crippen molar-refractivity contribution in [2.75, 3.05) is 32.7 Å². The smallest absolute Gasteiger partial charge is 0.350 e. The highest BCUT2D eigenvalue weighted by molar-refractivity contribution is 7.86. The number of carbonyl (C=O) groups excluding carboxylic acids is 2. The summed E-state index contributed by atoms with van der Waals surface area (Å²) in [5.74, 6) is -2.23. The number of carbonyl (C=O) groups is 2. The van der Waals surface area contributed by atoms with Gasteiger partial charge in [-0.05, 0) is 30.5 Å². The van der Waals surface area contributed by atoms with Gasteiger partial charge in [-0.15, -0.1) is 0 Å². The molecule has 37 heavy (non-hydrogen) atoms. The number of hydrogen-bond donors (Lipinski definition) is 1. The molecule has 0 aromatic heterocycles. The van der Waals surface area contributed by atoms with Crippen molar-refractivity contribution in [2.24, 2.45) is 11.8 Å². The standard InChI is InChI=1S/C23H27F4N5O4S/c24-19-8-20(21(33)29-10-15-3-5-18(6-4-15)23(25,26)27)32(14-19)22(34)17-2-1-7-30(13-17)37(35,36)31-11-16(9-28)12-31/h3-6,16-17,19-20H,1-2,7-8,10-14H2,(H,29,33)/t17-,19+,20+/m0/s1. The number of amides is 2. The zero-order chi connectivity index (χ0) is 27.0. The van der Waals surface area contributed by atoms with Gasteiger partial charge in [0.25, 0.3) is 10.2 Å². The van der Waals surface area contributed by atoms with E-state index in [1.54, 1.807) is 0 Å². The molecular formula is C23H27F4N5O4S. The highest BCUT2D eigenvalue weighted by Gasteiger charge is 2.45. The Labute approximate surface area is 212 Å². The van der Waals surface area contributed by atoms with Gasteiger partial charge < -0.3 is 10.2 Å². The van der Waals surface area contributed by atoms with Crippen LogP contribution in [0.25, 0.3) is 0 Å². The first-order valence-corrected chi connectivity index (χ1v) is 13.3. The van der Waals surface area contributed by atoms with E-state index in [0.717, 1.165) is 17.0 Å². The monoisotopic (exact) mass is 545 g/mol. The summed E-state index contributed by atoms with van der Waals surface area (Å²) in [4.78, 5) is 27.2. The van der Waals surface area contributed by atoms with E-state index in [4.69, 9.17) is 5.26 Å². The molecule has 0 unspecified atom stereocenters. The number of hydrogen-bond acceptors (Lipinski definition) is 5. The number of nitrogens with zero attached hydrogens (tertiary/aromatic N) is 4. The Bertz CT molecular complexity index is 1170. The molecule has 2 amide bonds. The summed E-state index contributed by atoms with van der Waals surface area (Å²) in [7, 11) is -3.83. The summed E-state index contributed by atoms with van der Waals surface area (Å²) >= 11 is 0. The lowest BCUT2D eigenvalue weighted by Crippen LogP contribution is -2.57. The van der Waals surface area contributed by atoms with Crippen LogP contribution in [-0.4, -0.2) is 78.7 Å². The number of piperidine rings is 1. The summed E-state index contributed by atoms with van der Waals surface area (Å²) < 4.78 is 80.6. The molecule has 4 rings (SSSR count). The molecule has 3 heterocycles. The van der Waals surface area contributed by atoms with Crippen molar-refractivity contribution in [2.45, 2.75) is 44.2 Å². The van der Waals surface area contributed by atoms with Crippen molar-refractivity contribution in [3.63, 3.8) is 0 Å². The largest absolute Gasteiger partial charge is 0.416 e. The SMILES string of the molecule is N#CC1CN(S(=O)(=O)N2CCC[C@H](C(=O)N3C[C@H](F)C[C@@H]3C(=O)NCc3ccc(C(F)(F)F)cc3)C2)C1. The quantitative estimate of drug-likeness (QED) is 0.547. The van der Waals surface area contributed by atoms with Gasteiger partial charge in [-0.25, -0.2) is 4.39 Å². The zero-order valence-corrected chi connectivity index (χ0v) is 20.6. The lowest BCUT2D eigenvalue weighted by molar-refractivity contribution is -0.142. The van der Waals surface area contributed by atoms with Gasteiger partial charge in [-0.3, -0.25) is 9.59 Å². The first-order valence-electron chi connectivity index (χ1n) is 11.9. The summed E-state index contributed by atoms with van der Waals surface area (Å²) in [5, 5.41) is 11.5. The molecule has 3 saturated heterocycles. The van der Waals surface area contributed by atoms with Gasteiger partial charge >= 0.3 is 6.18 Å². The molecule has 0 bridgehead atoms.